The molecule has 0 aromatic heterocycles. The van der Waals surface area contributed by atoms with Gasteiger partial charge in [0.25, 0.3) is 0 Å². The van der Waals surface area contributed by atoms with Crippen LogP contribution in [-0.2, 0) is 26.2 Å². The zero-order chi connectivity index (χ0) is 24.4. The Morgan fingerprint density at radius 2 is 1.24 bits per heavy atom. The van der Waals surface area contributed by atoms with Crippen molar-refractivity contribution in [3.8, 4) is 0 Å². The summed E-state index contributed by atoms with van der Waals surface area (Å²) >= 11 is 0. The van der Waals surface area contributed by atoms with Crippen LogP contribution in [0.3, 0.4) is 0 Å². The van der Waals surface area contributed by atoms with E-state index in [0.29, 0.717) is 5.92 Å². The van der Waals surface area contributed by atoms with Crippen molar-refractivity contribution in [2.75, 3.05) is 0 Å². The molecule has 0 bridgehead atoms. The van der Waals surface area contributed by atoms with Gasteiger partial charge in [0, 0.05) is 10.8 Å². The summed E-state index contributed by atoms with van der Waals surface area (Å²) in [6, 6.07) is 0. The minimum Gasteiger partial charge on any atom is -1.00 e. The second-order valence-electron chi connectivity index (χ2n) is 13.2. The van der Waals surface area contributed by atoms with Gasteiger partial charge in [-0.1, -0.05) is 127 Å². The van der Waals surface area contributed by atoms with Crippen LogP contribution in [0, 0.1) is 50.2 Å². The first kappa shape index (κ1) is 30.9. The Labute approximate surface area is 257 Å². The van der Waals surface area contributed by atoms with E-state index in [4.69, 9.17) is 0 Å². The molecule has 195 valence electrons. The van der Waals surface area contributed by atoms with Crippen molar-refractivity contribution in [1.29, 1.82) is 0 Å². The Hall–Kier alpha value is -0.617. The summed E-state index contributed by atoms with van der Waals surface area (Å²) in [6.45, 7) is 20.6. The van der Waals surface area contributed by atoms with Gasteiger partial charge in [0.2, 0.25) is 0 Å². The van der Waals surface area contributed by atoms with E-state index >= 15 is 0 Å². The quantitative estimate of drug-likeness (QED) is 0.401. The summed E-state index contributed by atoms with van der Waals surface area (Å²) in [7, 11) is 0. The molecule has 0 saturated heterocycles. The topological polar surface area (TPSA) is 0 Å². The average Bonchev–Trinajstić information content (AvgIpc) is 3.39. The van der Waals surface area contributed by atoms with Crippen molar-refractivity contribution in [2.45, 2.75) is 61.8 Å². The third-order valence-corrected chi connectivity index (χ3v) is 13.3. The number of fused-ring (bicyclic) bond motifs is 8. The number of hydrogen-bond donors (Lipinski definition) is 0. The van der Waals surface area contributed by atoms with Crippen LogP contribution < -0.4 is 24.8 Å². The fourth-order valence-electron chi connectivity index (χ4n) is 10.3. The van der Waals surface area contributed by atoms with Gasteiger partial charge in [-0.2, -0.15) is 0 Å². The van der Waals surface area contributed by atoms with Gasteiger partial charge in [-0.25, -0.2) is 0 Å². The molecule has 2 fully saturated rings. The first-order valence-electron chi connectivity index (χ1n) is 13.2. The van der Waals surface area contributed by atoms with Crippen LogP contribution in [-0.4, -0.2) is 0 Å². The second-order valence-corrected chi connectivity index (χ2v) is 13.2. The Bertz CT molecular complexity index is 1240. The Morgan fingerprint density at radius 3 is 1.78 bits per heavy atom. The minimum atomic E-state index is -0.0346. The maximum absolute atomic E-state index is 2.78. The molecule has 6 aliphatic carbocycles. The molecule has 6 aliphatic rings. The van der Waals surface area contributed by atoms with Crippen molar-refractivity contribution in [3.05, 3.63) is 102 Å². The summed E-state index contributed by atoms with van der Waals surface area (Å²) < 4.78 is 0. The zero-order valence-corrected chi connectivity index (χ0v) is 27.6. The summed E-state index contributed by atoms with van der Waals surface area (Å²) in [5.74, 6) is 0.417. The molecule has 6 rings (SSSR count). The third-order valence-electron chi connectivity index (χ3n) is 13.3. The molecule has 37 heavy (non-hydrogen) atoms. The monoisotopic (exact) mass is 609 g/mol. The van der Waals surface area contributed by atoms with Gasteiger partial charge in [-0.3, -0.25) is 0 Å². The van der Waals surface area contributed by atoms with Gasteiger partial charge in [-0.05, 0) is 46.2 Å². The standard InChI is InChI=1S/C34H41.2ClH.Zr/c1-24-27(25-15-9-10-16-25)18-17-26-23-32(6)30(4)21-12-11-19-28(30,2)29(3)20-13-14-22-31(29,5)34(32,8)33(24,26)7;;;/h9-15,17-23,26H,16H2,1-8H3;2*1H;/q-1;;;+3/p-2. The number of halogens is 2. The predicted molar refractivity (Wildman–Crippen MR) is 145 cm³/mol. The SMILES string of the molecule is CC1=C(C2=CC=CC2)C=CC2[CH-]C3(C)C4(C)C=CC=CC4(C)C4(C)C=CC=CC4(C)C3(C)C12C.[Cl-].[Cl-].[Zr+3]. The van der Waals surface area contributed by atoms with E-state index in [2.05, 4.69) is 141 Å². The Morgan fingerprint density at radius 1 is 0.730 bits per heavy atom. The van der Waals surface area contributed by atoms with E-state index in [1.807, 2.05) is 0 Å². The maximum Gasteiger partial charge on any atom is 3.00 e. The molecule has 3 heteroatoms. The van der Waals surface area contributed by atoms with Crippen molar-refractivity contribution in [1.82, 2.24) is 0 Å². The van der Waals surface area contributed by atoms with Crippen molar-refractivity contribution >= 4 is 0 Å². The van der Waals surface area contributed by atoms with Crippen LogP contribution in [0.25, 0.3) is 0 Å². The largest absolute Gasteiger partial charge is 3.00 e. The van der Waals surface area contributed by atoms with Gasteiger partial charge in [0.1, 0.15) is 0 Å². The molecule has 0 aliphatic heterocycles. The molecule has 8 unspecified atom stereocenters. The molecule has 1 radical (unpaired) electrons. The van der Waals surface area contributed by atoms with E-state index in [0.717, 1.165) is 6.42 Å². The van der Waals surface area contributed by atoms with Gasteiger partial charge in [0.15, 0.2) is 0 Å². The summed E-state index contributed by atoms with van der Waals surface area (Å²) in [5, 5.41) is 0. The Balaban J connectivity index is 0.00000127. The summed E-state index contributed by atoms with van der Waals surface area (Å²) in [6.07, 6.45) is 35.2. The van der Waals surface area contributed by atoms with Crippen molar-refractivity contribution in [2.24, 2.45) is 43.8 Å². The van der Waals surface area contributed by atoms with Gasteiger partial charge >= 0.3 is 26.2 Å². The van der Waals surface area contributed by atoms with Crippen molar-refractivity contribution < 1.29 is 51.0 Å². The smallest absolute Gasteiger partial charge is 1.00 e. The molecular formula is C34H41Cl2Zr. The first-order valence-corrected chi connectivity index (χ1v) is 13.2. The molecule has 2 saturated carbocycles. The number of rotatable bonds is 1. The number of hydrogen-bond acceptors (Lipinski definition) is 0. The van der Waals surface area contributed by atoms with Crippen LogP contribution >= 0.6 is 0 Å². The van der Waals surface area contributed by atoms with Gasteiger partial charge < -0.3 is 31.2 Å². The van der Waals surface area contributed by atoms with E-state index < -0.39 is 0 Å². The second kappa shape index (κ2) is 8.95. The molecule has 0 aromatic carbocycles. The minimum absolute atomic E-state index is 0. The molecular weight excluding hydrogens is 571 g/mol. The average molecular weight is 612 g/mol. The van der Waals surface area contributed by atoms with E-state index in [-0.39, 0.29) is 88.9 Å². The van der Waals surface area contributed by atoms with Crippen LogP contribution in [0.5, 0.6) is 0 Å². The first-order chi connectivity index (χ1) is 15.9. The Kier molecular flexibility index (Phi) is 7.47. The molecule has 0 amide bonds. The van der Waals surface area contributed by atoms with Crippen LogP contribution in [0.15, 0.2) is 95.7 Å². The normalized spacial score (nSPS) is 49.7. The third kappa shape index (κ3) is 2.86. The predicted octanol–water partition coefficient (Wildman–Crippen LogP) is 2.91. The zero-order valence-electron chi connectivity index (χ0n) is 23.6. The summed E-state index contributed by atoms with van der Waals surface area (Å²) in [4.78, 5) is 0. The van der Waals surface area contributed by atoms with Crippen molar-refractivity contribution in [3.63, 3.8) is 0 Å². The van der Waals surface area contributed by atoms with E-state index in [1.54, 1.807) is 5.57 Å². The van der Waals surface area contributed by atoms with Crippen LogP contribution in [0.2, 0.25) is 0 Å². The molecule has 0 spiro atoms. The molecule has 0 N–H and O–H groups in total. The molecule has 0 nitrogen and oxygen atoms in total. The number of allylic oxidation sites excluding steroid dienone is 16. The van der Waals surface area contributed by atoms with Gasteiger partial charge in [-0.15, -0.1) is 17.4 Å². The maximum atomic E-state index is 2.78. The van der Waals surface area contributed by atoms with E-state index in [1.165, 1.54) is 11.1 Å². The van der Waals surface area contributed by atoms with Crippen LogP contribution in [0.1, 0.15) is 61.8 Å². The fourth-order valence-corrected chi connectivity index (χ4v) is 10.3. The van der Waals surface area contributed by atoms with E-state index in [9.17, 15) is 0 Å². The summed E-state index contributed by atoms with van der Waals surface area (Å²) in [5.41, 5.74) is 4.43. The molecule has 0 aromatic rings. The van der Waals surface area contributed by atoms with Gasteiger partial charge in [0.05, 0.1) is 0 Å². The fraction of sp³-hybridized carbons (Fsp3) is 0.500. The van der Waals surface area contributed by atoms with Crippen LogP contribution in [0.4, 0.5) is 0 Å². The molecule has 0 heterocycles. The molecule has 8 atom stereocenters.